The highest BCUT2D eigenvalue weighted by molar-refractivity contribution is 5.78. The molecule has 126 valence electrons. The highest BCUT2D eigenvalue weighted by Crippen LogP contribution is 2.24. The van der Waals surface area contributed by atoms with E-state index in [4.69, 9.17) is 0 Å². The molecule has 3 nitrogen and oxygen atoms in total. The van der Waals surface area contributed by atoms with E-state index in [0.717, 1.165) is 26.1 Å². The molecule has 0 aliphatic carbocycles. The van der Waals surface area contributed by atoms with E-state index in [0.29, 0.717) is 30.3 Å². The maximum absolute atomic E-state index is 12.7. The fraction of sp³-hybridized carbons (Fsp3) is 0.650. The third-order valence-corrected chi connectivity index (χ3v) is 5.37. The normalized spacial score (nSPS) is 29.0. The fourth-order valence-corrected chi connectivity index (χ4v) is 4.36. The van der Waals surface area contributed by atoms with Crippen LogP contribution in [0.2, 0.25) is 0 Å². The molecule has 3 atom stereocenters. The summed E-state index contributed by atoms with van der Waals surface area (Å²) in [4.78, 5) is 17.3. The number of benzene rings is 1. The topological polar surface area (TPSA) is 23.6 Å². The van der Waals surface area contributed by atoms with Crippen LogP contribution >= 0.6 is 0 Å². The predicted octanol–water partition coefficient (Wildman–Crippen LogP) is 3.20. The quantitative estimate of drug-likeness (QED) is 0.852. The van der Waals surface area contributed by atoms with Crippen LogP contribution in [-0.4, -0.2) is 47.9 Å². The van der Waals surface area contributed by atoms with Crippen LogP contribution in [-0.2, 0) is 11.2 Å². The molecule has 0 unspecified atom stereocenters. The first kappa shape index (κ1) is 16.5. The minimum atomic E-state index is 0.336. The molecular formula is C20H30N2O. The molecule has 0 radical (unpaired) electrons. The number of likely N-dealkylation sites (tertiary alicyclic amines) is 2. The smallest absolute Gasteiger partial charge is 0.236 e. The van der Waals surface area contributed by atoms with Gasteiger partial charge in [-0.1, -0.05) is 44.2 Å². The van der Waals surface area contributed by atoms with Crippen molar-refractivity contribution in [3.8, 4) is 0 Å². The predicted molar refractivity (Wildman–Crippen MR) is 94.3 cm³/mol. The Morgan fingerprint density at radius 1 is 1.13 bits per heavy atom. The van der Waals surface area contributed by atoms with E-state index in [1.807, 2.05) is 0 Å². The third kappa shape index (κ3) is 4.35. The second-order valence-corrected chi connectivity index (χ2v) is 7.70. The van der Waals surface area contributed by atoms with Crippen LogP contribution in [0.3, 0.4) is 0 Å². The van der Waals surface area contributed by atoms with Crippen molar-refractivity contribution in [2.75, 3.05) is 26.2 Å². The molecule has 0 bridgehead atoms. The summed E-state index contributed by atoms with van der Waals surface area (Å²) < 4.78 is 0. The Balaban J connectivity index is 1.56. The van der Waals surface area contributed by atoms with Crippen molar-refractivity contribution in [2.45, 2.75) is 45.6 Å². The van der Waals surface area contributed by atoms with Crippen molar-refractivity contribution in [1.82, 2.24) is 9.80 Å². The molecule has 0 saturated carbocycles. The summed E-state index contributed by atoms with van der Waals surface area (Å²) in [6, 6.07) is 11.2. The van der Waals surface area contributed by atoms with Gasteiger partial charge in [-0.15, -0.1) is 0 Å². The first-order valence-electron chi connectivity index (χ1n) is 9.17. The first-order chi connectivity index (χ1) is 11.1. The zero-order valence-corrected chi connectivity index (χ0v) is 14.6. The van der Waals surface area contributed by atoms with Crippen LogP contribution in [0.5, 0.6) is 0 Å². The molecule has 1 amide bonds. The monoisotopic (exact) mass is 314 g/mol. The molecule has 0 N–H and O–H groups in total. The van der Waals surface area contributed by atoms with Crippen LogP contribution in [0.15, 0.2) is 30.3 Å². The number of carbonyl (C=O) groups is 1. The van der Waals surface area contributed by atoms with Gasteiger partial charge >= 0.3 is 0 Å². The van der Waals surface area contributed by atoms with Crippen molar-refractivity contribution in [3.05, 3.63) is 35.9 Å². The molecule has 2 fully saturated rings. The Morgan fingerprint density at radius 2 is 1.83 bits per heavy atom. The molecule has 1 aromatic rings. The highest BCUT2D eigenvalue weighted by Gasteiger charge is 2.30. The zero-order chi connectivity index (χ0) is 16.2. The lowest BCUT2D eigenvalue weighted by atomic mass is 9.92. The molecule has 2 saturated heterocycles. The van der Waals surface area contributed by atoms with Gasteiger partial charge in [0.05, 0.1) is 6.54 Å². The molecule has 0 spiro atoms. The minimum absolute atomic E-state index is 0.336. The summed E-state index contributed by atoms with van der Waals surface area (Å²) in [5.74, 6) is 1.62. The van der Waals surface area contributed by atoms with Gasteiger partial charge < -0.3 is 4.90 Å². The highest BCUT2D eigenvalue weighted by atomic mass is 16.2. The molecule has 2 heterocycles. The first-order valence-corrected chi connectivity index (χ1v) is 9.17. The average molecular weight is 314 g/mol. The number of nitrogens with zero attached hydrogens (tertiary/aromatic N) is 2. The molecule has 2 aliphatic rings. The van der Waals surface area contributed by atoms with Gasteiger partial charge in [0, 0.05) is 19.1 Å². The van der Waals surface area contributed by atoms with Crippen molar-refractivity contribution < 1.29 is 4.79 Å². The summed E-state index contributed by atoms with van der Waals surface area (Å²) in [7, 11) is 0. The van der Waals surface area contributed by atoms with Gasteiger partial charge in [0.15, 0.2) is 0 Å². The van der Waals surface area contributed by atoms with E-state index >= 15 is 0 Å². The number of amides is 1. The Hall–Kier alpha value is -1.35. The third-order valence-electron chi connectivity index (χ3n) is 5.37. The Labute approximate surface area is 140 Å². The van der Waals surface area contributed by atoms with Gasteiger partial charge in [0.1, 0.15) is 0 Å². The van der Waals surface area contributed by atoms with E-state index in [1.165, 1.54) is 24.8 Å². The van der Waals surface area contributed by atoms with Crippen LogP contribution < -0.4 is 0 Å². The summed E-state index contributed by atoms with van der Waals surface area (Å²) in [6.45, 7) is 8.11. The number of rotatable bonds is 4. The molecule has 1 aromatic carbocycles. The van der Waals surface area contributed by atoms with Gasteiger partial charge in [0.2, 0.25) is 5.91 Å². The van der Waals surface area contributed by atoms with E-state index < -0.39 is 0 Å². The minimum Gasteiger partial charge on any atom is -0.341 e. The Kier molecular flexibility index (Phi) is 5.37. The standard InChI is InChI=1S/C20H30N2O/c1-16-11-17(2)14-22(13-16)20(23)15-21-10-6-9-19(21)12-18-7-4-3-5-8-18/h3-5,7-8,16-17,19H,6,9-15H2,1-2H3/t16-,17+,19-/m0/s1. The largest absolute Gasteiger partial charge is 0.341 e. The van der Waals surface area contributed by atoms with Crippen molar-refractivity contribution in [3.63, 3.8) is 0 Å². The zero-order valence-electron chi connectivity index (χ0n) is 14.6. The lowest BCUT2D eigenvalue weighted by Crippen LogP contribution is -2.48. The number of hydrogen-bond acceptors (Lipinski definition) is 2. The summed E-state index contributed by atoms with van der Waals surface area (Å²) in [5, 5.41) is 0. The fourth-order valence-electron chi connectivity index (χ4n) is 4.36. The molecule has 0 aromatic heterocycles. The van der Waals surface area contributed by atoms with Crippen LogP contribution in [0.25, 0.3) is 0 Å². The SMILES string of the molecule is C[C@@H]1C[C@H](C)CN(C(=O)CN2CCC[C@H]2Cc2ccccc2)C1. The van der Waals surface area contributed by atoms with Gasteiger partial charge in [-0.2, -0.15) is 0 Å². The number of hydrogen-bond donors (Lipinski definition) is 0. The maximum Gasteiger partial charge on any atom is 0.236 e. The van der Waals surface area contributed by atoms with Gasteiger partial charge in [-0.05, 0) is 49.6 Å². The van der Waals surface area contributed by atoms with Crippen LogP contribution in [0.1, 0.15) is 38.7 Å². The lowest BCUT2D eigenvalue weighted by molar-refractivity contribution is -0.135. The van der Waals surface area contributed by atoms with Crippen molar-refractivity contribution >= 4 is 5.91 Å². The number of carbonyl (C=O) groups excluding carboxylic acids is 1. The van der Waals surface area contributed by atoms with Crippen LogP contribution in [0.4, 0.5) is 0 Å². The second-order valence-electron chi connectivity index (χ2n) is 7.70. The maximum atomic E-state index is 12.7. The molecule has 2 aliphatic heterocycles. The summed E-state index contributed by atoms with van der Waals surface area (Å²) in [6.07, 6.45) is 4.76. The van der Waals surface area contributed by atoms with Crippen molar-refractivity contribution in [1.29, 1.82) is 0 Å². The molecule has 3 rings (SSSR count). The summed E-state index contributed by atoms with van der Waals surface area (Å²) >= 11 is 0. The number of piperidine rings is 1. The Bertz CT molecular complexity index is 506. The molecular weight excluding hydrogens is 284 g/mol. The van der Waals surface area contributed by atoms with Gasteiger partial charge in [-0.3, -0.25) is 9.69 Å². The summed E-state index contributed by atoms with van der Waals surface area (Å²) in [5.41, 5.74) is 1.39. The lowest BCUT2D eigenvalue weighted by Gasteiger charge is -2.36. The second kappa shape index (κ2) is 7.48. The van der Waals surface area contributed by atoms with E-state index in [2.05, 4.69) is 54.0 Å². The van der Waals surface area contributed by atoms with E-state index in [-0.39, 0.29) is 0 Å². The average Bonchev–Trinajstić information content (AvgIpc) is 2.94. The van der Waals surface area contributed by atoms with Gasteiger partial charge in [0.25, 0.3) is 0 Å². The van der Waals surface area contributed by atoms with Crippen LogP contribution in [0, 0.1) is 11.8 Å². The Morgan fingerprint density at radius 3 is 2.52 bits per heavy atom. The van der Waals surface area contributed by atoms with E-state index in [9.17, 15) is 4.79 Å². The van der Waals surface area contributed by atoms with Gasteiger partial charge in [-0.25, -0.2) is 0 Å². The molecule has 3 heteroatoms. The molecule has 23 heavy (non-hydrogen) atoms. The van der Waals surface area contributed by atoms with Crippen molar-refractivity contribution in [2.24, 2.45) is 11.8 Å². The van der Waals surface area contributed by atoms with E-state index in [1.54, 1.807) is 0 Å².